The zero-order chi connectivity index (χ0) is 12.8. The van der Waals surface area contributed by atoms with E-state index < -0.39 is 10.0 Å². The summed E-state index contributed by atoms with van der Waals surface area (Å²) in [7, 11) is -3.15. The molecule has 18 heavy (non-hydrogen) atoms. The predicted molar refractivity (Wildman–Crippen MR) is 75.6 cm³/mol. The minimum absolute atomic E-state index is 0.557. The van der Waals surface area contributed by atoms with Gasteiger partial charge in [0.2, 0.25) is 10.0 Å². The molecule has 0 aliphatic carbocycles. The molecule has 0 amide bonds. The molecule has 3 rings (SSSR count). The molecule has 1 aromatic carbocycles. The van der Waals surface area contributed by atoms with Crippen LogP contribution in [0.1, 0.15) is 5.56 Å². The van der Waals surface area contributed by atoms with Crippen LogP contribution in [0.5, 0.6) is 0 Å². The first kappa shape index (κ1) is 11.7. The van der Waals surface area contributed by atoms with E-state index in [2.05, 4.69) is 17.5 Å². The van der Waals surface area contributed by atoms with Gasteiger partial charge in [-0.15, -0.1) is 0 Å². The molecular weight excluding hydrogens is 266 g/mol. The lowest BCUT2D eigenvalue weighted by atomic mass is 10.0. The molecular formula is C13H13NO2S2. The van der Waals surface area contributed by atoms with Crippen LogP contribution >= 0.6 is 11.3 Å². The maximum atomic E-state index is 11.6. The molecule has 2 heterocycles. The van der Waals surface area contributed by atoms with Crippen LogP contribution in [-0.2, 0) is 16.4 Å². The third-order valence-corrected chi connectivity index (χ3v) is 5.05. The molecule has 1 aliphatic rings. The van der Waals surface area contributed by atoms with Gasteiger partial charge in [0.15, 0.2) is 0 Å². The molecule has 0 unspecified atom stereocenters. The Morgan fingerprint density at radius 1 is 1.22 bits per heavy atom. The molecule has 0 fully saturated rings. The molecule has 0 spiro atoms. The molecule has 5 heteroatoms. The number of sulfonamides is 1. The lowest BCUT2D eigenvalue weighted by Crippen LogP contribution is -2.27. The first-order chi connectivity index (χ1) is 8.55. The minimum Gasteiger partial charge on any atom is -0.270 e. The molecule has 94 valence electrons. The zero-order valence-electron chi connectivity index (χ0n) is 9.96. The van der Waals surface area contributed by atoms with Crippen molar-refractivity contribution in [1.82, 2.24) is 0 Å². The van der Waals surface area contributed by atoms with E-state index in [1.807, 2.05) is 17.5 Å². The number of hydrogen-bond acceptors (Lipinski definition) is 3. The van der Waals surface area contributed by atoms with Crippen LogP contribution < -0.4 is 4.31 Å². The van der Waals surface area contributed by atoms with Crippen molar-refractivity contribution in [3.63, 3.8) is 0 Å². The molecule has 3 nitrogen and oxygen atoms in total. The Kier molecular flexibility index (Phi) is 2.68. The summed E-state index contributed by atoms with van der Waals surface area (Å²) in [6.07, 6.45) is 2.05. The second kappa shape index (κ2) is 4.10. The van der Waals surface area contributed by atoms with Crippen molar-refractivity contribution in [1.29, 1.82) is 0 Å². The number of rotatable bonds is 2. The van der Waals surface area contributed by atoms with Gasteiger partial charge in [-0.3, -0.25) is 4.31 Å². The first-order valence-electron chi connectivity index (χ1n) is 5.69. The maximum Gasteiger partial charge on any atom is 0.232 e. The quantitative estimate of drug-likeness (QED) is 0.847. The van der Waals surface area contributed by atoms with Gasteiger partial charge >= 0.3 is 0 Å². The van der Waals surface area contributed by atoms with Crippen molar-refractivity contribution in [2.45, 2.75) is 6.42 Å². The fourth-order valence-electron chi connectivity index (χ4n) is 2.32. The first-order valence-corrected chi connectivity index (χ1v) is 8.48. The number of hydrogen-bond donors (Lipinski definition) is 0. The van der Waals surface area contributed by atoms with Gasteiger partial charge in [0, 0.05) is 6.54 Å². The largest absolute Gasteiger partial charge is 0.270 e. The molecule has 0 saturated heterocycles. The van der Waals surface area contributed by atoms with Crippen molar-refractivity contribution in [2.24, 2.45) is 0 Å². The molecule has 0 atom stereocenters. The molecule has 0 N–H and O–H groups in total. The highest BCUT2D eigenvalue weighted by Crippen LogP contribution is 2.34. The molecule has 1 aromatic heterocycles. The maximum absolute atomic E-state index is 11.6. The normalized spacial score (nSPS) is 14.8. The van der Waals surface area contributed by atoms with Gasteiger partial charge in [-0.25, -0.2) is 8.42 Å². The SMILES string of the molecule is CS(=O)(=O)N1CCc2cc(-c3ccsc3)ccc21. The Morgan fingerprint density at radius 3 is 2.72 bits per heavy atom. The molecule has 0 radical (unpaired) electrons. The summed E-state index contributed by atoms with van der Waals surface area (Å²) in [5.41, 5.74) is 4.30. The predicted octanol–water partition coefficient (Wildman–Crippen LogP) is 2.74. The monoisotopic (exact) mass is 279 g/mol. The van der Waals surface area contributed by atoms with Crippen molar-refractivity contribution >= 4 is 27.0 Å². The number of thiophene rings is 1. The van der Waals surface area contributed by atoms with Crippen molar-refractivity contribution < 1.29 is 8.42 Å². The number of anilines is 1. The number of nitrogens with zero attached hydrogens (tertiary/aromatic N) is 1. The fourth-order valence-corrected chi connectivity index (χ4v) is 3.95. The topological polar surface area (TPSA) is 37.4 Å². The van der Waals surface area contributed by atoms with E-state index in [4.69, 9.17) is 0 Å². The summed E-state index contributed by atoms with van der Waals surface area (Å²) in [6, 6.07) is 8.08. The zero-order valence-corrected chi connectivity index (χ0v) is 11.6. The van der Waals surface area contributed by atoms with Gasteiger partial charge in [-0.05, 0) is 52.1 Å². The fraction of sp³-hybridized carbons (Fsp3) is 0.231. The molecule has 0 saturated carbocycles. The Bertz CT molecular complexity index is 675. The average Bonchev–Trinajstić information content (AvgIpc) is 2.96. The number of benzene rings is 1. The lowest BCUT2D eigenvalue weighted by Gasteiger charge is -2.16. The van der Waals surface area contributed by atoms with Gasteiger partial charge in [-0.2, -0.15) is 11.3 Å². The van der Waals surface area contributed by atoms with Crippen molar-refractivity contribution in [2.75, 3.05) is 17.1 Å². The highest BCUT2D eigenvalue weighted by Gasteiger charge is 2.26. The third-order valence-electron chi connectivity index (χ3n) is 3.19. The van der Waals surface area contributed by atoms with Crippen LogP contribution in [0.25, 0.3) is 11.1 Å². The van der Waals surface area contributed by atoms with Gasteiger partial charge < -0.3 is 0 Å². The van der Waals surface area contributed by atoms with E-state index in [9.17, 15) is 8.42 Å². The third kappa shape index (κ3) is 1.93. The highest BCUT2D eigenvalue weighted by molar-refractivity contribution is 7.92. The van der Waals surface area contributed by atoms with Crippen LogP contribution in [0.4, 0.5) is 5.69 Å². The van der Waals surface area contributed by atoms with Crippen molar-refractivity contribution in [3.8, 4) is 11.1 Å². The van der Waals surface area contributed by atoms with Gasteiger partial charge in [-0.1, -0.05) is 6.07 Å². The minimum atomic E-state index is -3.15. The van der Waals surface area contributed by atoms with Gasteiger partial charge in [0.25, 0.3) is 0 Å². The smallest absolute Gasteiger partial charge is 0.232 e. The average molecular weight is 279 g/mol. The summed E-state index contributed by atoms with van der Waals surface area (Å²) in [6.45, 7) is 0.557. The van der Waals surface area contributed by atoms with E-state index in [0.717, 1.165) is 23.2 Å². The summed E-state index contributed by atoms with van der Waals surface area (Å²) in [5, 5.41) is 4.15. The van der Waals surface area contributed by atoms with E-state index in [1.165, 1.54) is 16.1 Å². The van der Waals surface area contributed by atoms with Gasteiger partial charge in [0.1, 0.15) is 0 Å². The van der Waals surface area contributed by atoms with Crippen molar-refractivity contribution in [3.05, 3.63) is 40.6 Å². The lowest BCUT2D eigenvalue weighted by molar-refractivity contribution is 0.598. The van der Waals surface area contributed by atoms with Crippen LogP contribution in [0, 0.1) is 0 Å². The summed E-state index contributed by atoms with van der Waals surface area (Å²) in [5.74, 6) is 0. The van der Waals surface area contributed by atoms with E-state index in [1.54, 1.807) is 11.3 Å². The van der Waals surface area contributed by atoms with E-state index in [0.29, 0.717) is 6.54 Å². The van der Waals surface area contributed by atoms with Crippen LogP contribution in [-0.4, -0.2) is 21.2 Å². The van der Waals surface area contributed by atoms with E-state index in [-0.39, 0.29) is 0 Å². The highest BCUT2D eigenvalue weighted by atomic mass is 32.2. The Hall–Kier alpha value is -1.33. The number of fused-ring (bicyclic) bond motifs is 1. The Morgan fingerprint density at radius 2 is 2.06 bits per heavy atom. The standard InChI is InChI=1S/C13H13NO2S2/c1-18(15,16)14-6-4-11-8-10(2-3-13(11)14)12-5-7-17-9-12/h2-3,5,7-9H,4,6H2,1H3. The summed E-state index contributed by atoms with van der Waals surface area (Å²) >= 11 is 1.67. The summed E-state index contributed by atoms with van der Waals surface area (Å²) < 4.78 is 24.8. The molecule has 1 aliphatic heterocycles. The van der Waals surface area contributed by atoms with E-state index >= 15 is 0 Å². The Balaban J connectivity index is 2.05. The van der Waals surface area contributed by atoms with Gasteiger partial charge in [0.05, 0.1) is 11.9 Å². The Labute approximate surface area is 111 Å². The second-order valence-corrected chi connectivity index (χ2v) is 7.13. The van der Waals surface area contributed by atoms with Crippen LogP contribution in [0.3, 0.4) is 0 Å². The van der Waals surface area contributed by atoms with Crippen LogP contribution in [0.2, 0.25) is 0 Å². The second-order valence-electron chi connectivity index (χ2n) is 4.44. The summed E-state index contributed by atoms with van der Waals surface area (Å²) in [4.78, 5) is 0. The van der Waals surface area contributed by atoms with Crippen LogP contribution in [0.15, 0.2) is 35.0 Å². The molecule has 0 bridgehead atoms. The molecule has 2 aromatic rings.